The molecule has 0 unspecified atom stereocenters. The molecule has 0 saturated carbocycles. The van der Waals surface area contributed by atoms with Gasteiger partial charge in [-0.3, -0.25) is 4.79 Å². The number of thioether (sulfide) groups is 1. The molecule has 7 heteroatoms. The molecule has 124 valence electrons. The van der Waals surface area contributed by atoms with Gasteiger partial charge in [0, 0.05) is 23.4 Å². The van der Waals surface area contributed by atoms with E-state index < -0.39 is 5.76 Å². The van der Waals surface area contributed by atoms with Crippen LogP contribution in [0.4, 0.5) is 8.78 Å². The van der Waals surface area contributed by atoms with Crippen LogP contribution in [0.5, 0.6) is 0 Å². The zero-order chi connectivity index (χ0) is 16.9. The normalized spacial score (nSPS) is 11.1. The van der Waals surface area contributed by atoms with Crippen LogP contribution < -0.4 is 5.32 Å². The molecular weight excluding hydrogens is 350 g/mol. The number of hydrogen-bond acceptors (Lipinski definition) is 4. The van der Waals surface area contributed by atoms with Crippen LogP contribution in [0.1, 0.15) is 15.4 Å². The lowest BCUT2D eigenvalue weighted by atomic mass is 10.2. The molecule has 3 nitrogen and oxygen atoms in total. The summed E-state index contributed by atoms with van der Waals surface area (Å²) in [5, 5.41) is 3.80. The van der Waals surface area contributed by atoms with Crippen molar-refractivity contribution >= 4 is 39.2 Å². The lowest BCUT2D eigenvalue weighted by Gasteiger charge is -2.05. The van der Waals surface area contributed by atoms with Crippen molar-refractivity contribution in [3.63, 3.8) is 0 Å². The van der Waals surface area contributed by atoms with Gasteiger partial charge < -0.3 is 5.32 Å². The monoisotopic (exact) mass is 364 g/mol. The summed E-state index contributed by atoms with van der Waals surface area (Å²) in [4.78, 5) is 17.0. The average molecular weight is 364 g/mol. The Labute approximate surface area is 146 Å². The fourth-order valence-corrected chi connectivity index (χ4v) is 3.67. The van der Waals surface area contributed by atoms with Gasteiger partial charge in [0.2, 0.25) is 0 Å². The summed E-state index contributed by atoms with van der Waals surface area (Å²) in [6.45, 7) is 0.478. The Morgan fingerprint density at radius 3 is 2.62 bits per heavy atom. The number of nitrogens with one attached hydrogen (secondary N) is 1. The first kappa shape index (κ1) is 16.9. The second-order valence-electron chi connectivity index (χ2n) is 4.98. The minimum Gasteiger partial charge on any atom is -0.352 e. The third kappa shape index (κ3) is 4.30. The fraction of sp³-hybridized carbons (Fsp3) is 0.176. The molecule has 3 aromatic rings. The Balaban J connectivity index is 1.53. The van der Waals surface area contributed by atoms with Gasteiger partial charge in [-0.15, -0.1) is 11.3 Å². The number of fused-ring (bicyclic) bond motifs is 1. The number of carbonyl (C=O) groups is 1. The minimum atomic E-state index is -2.46. The summed E-state index contributed by atoms with van der Waals surface area (Å²) >= 11 is 2.08. The van der Waals surface area contributed by atoms with E-state index in [1.54, 1.807) is 23.5 Å². The first-order valence-corrected chi connectivity index (χ1v) is 8.99. The largest absolute Gasteiger partial charge is 0.352 e. The molecule has 0 atom stereocenters. The third-order valence-electron chi connectivity index (χ3n) is 3.30. The zero-order valence-corrected chi connectivity index (χ0v) is 14.2. The predicted molar refractivity (Wildman–Crippen MR) is 94.0 cm³/mol. The van der Waals surface area contributed by atoms with Gasteiger partial charge in [-0.2, -0.15) is 8.78 Å². The van der Waals surface area contributed by atoms with Crippen molar-refractivity contribution in [2.75, 3.05) is 6.54 Å². The second kappa shape index (κ2) is 7.72. The maximum Gasteiger partial charge on any atom is 0.288 e. The van der Waals surface area contributed by atoms with Gasteiger partial charge in [-0.1, -0.05) is 23.9 Å². The first-order chi connectivity index (χ1) is 11.6. The van der Waals surface area contributed by atoms with Crippen LogP contribution in [0.15, 0.2) is 53.4 Å². The highest BCUT2D eigenvalue weighted by Gasteiger charge is 2.09. The number of carbonyl (C=O) groups excluding carboxylic acids is 1. The summed E-state index contributed by atoms with van der Waals surface area (Å²) in [7, 11) is 0. The number of para-hydroxylation sites is 1. The zero-order valence-electron chi connectivity index (χ0n) is 12.5. The van der Waals surface area contributed by atoms with E-state index in [0.29, 0.717) is 35.2 Å². The number of aromatic nitrogens is 1. The van der Waals surface area contributed by atoms with Crippen molar-refractivity contribution in [1.82, 2.24) is 10.3 Å². The Kier molecular flexibility index (Phi) is 5.42. The SMILES string of the molecule is O=C(NCCc1nc2ccccc2s1)c1ccc(SC(F)F)cc1. The van der Waals surface area contributed by atoms with E-state index in [1.807, 2.05) is 24.3 Å². The van der Waals surface area contributed by atoms with Gasteiger partial charge in [0.05, 0.1) is 15.2 Å². The maximum atomic E-state index is 12.3. The Bertz CT molecular complexity index is 801. The average Bonchev–Trinajstić information content (AvgIpc) is 2.97. The highest BCUT2D eigenvalue weighted by Crippen LogP contribution is 2.25. The predicted octanol–water partition coefficient (Wildman–Crippen LogP) is 4.58. The van der Waals surface area contributed by atoms with E-state index in [-0.39, 0.29) is 5.91 Å². The smallest absolute Gasteiger partial charge is 0.288 e. The van der Waals surface area contributed by atoms with Gasteiger partial charge in [-0.25, -0.2) is 4.98 Å². The molecule has 2 aromatic carbocycles. The van der Waals surface area contributed by atoms with Crippen molar-refractivity contribution in [3.8, 4) is 0 Å². The van der Waals surface area contributed by atoms with E-state index in [2.05, 4.69) is 10.3 Å². The van der Waals surface area contributed by atoms with E-state index in [9.17, 15) is 13.6 Å². The lowest BCUT2D eigenvalue weighted by molar-refractivity contribution is 0.0954. The number of halogens is 2. The summed E-state index contributed by atoms with van der Waals surface area (Å²) in [5.74, 6) is -2.68. The number of rotatable bonds is 6. The fourth-order valence-electron chi connectivity index (χ4n) is 2.20. The van der Waals surface area contributed by atoms with E-state index in [4.69, 9.17) is 0 Å². The molecule has 0 saturated heterocycles. The van der Waals surface area contributed by atoms with Crippen molar-refractivity contribution < 1.29 is 13.6 Å². The van der Waals surface area contributed by atoms with Crippen LogP contribution in [0.3, 0.4) is 0 Å². The summed E-state index contributed by atoms with van der Waals surface area (Å²) in [6.07, 6.45) is 0.657. The van der Waals surface area contributed by atoms with E-state index in [0.717, 1.165) is 15.2 Å². The number of benzene rings is 2. The number of nitrogens with zero attached hydrogens (tertiary/aromatic N) is 1. The van der Waals surface area contributed by atoms with Crippen LogP contribution in [0.2, 0.25) is 0 Å². The van der Waals surface area contributed by atoms with Gasteiger partial charge in [-0.05, 0) is 36.4 Å². The minimum absolute atomic E-state index is 0.218. The summed E-state index contributed by atoms with van der Waals surface area (Å²) in [5.41, 5.74) is 1.42. The van der Waals surface area contributed by atoms with Crippen molar-refractivity contribution in [2.45, 2.75) is 17.1 Å². The van der Waals surface area contributed by atoms with Crippen LogP contribution in [-0.2, 0) is 6.42 Å². The number of amides is 1. The summed E-state index contributed by atoms with van der Waals surface area (Å²) < 4.78 is 25.7. The quantitative estimate of drug-likeness (QED) is 0.651. The highest BCUT2D eigenvalue weighted by molar-refractivity contribution is 7.99. The molecular formula is C17H14F2N2OS2. The molecule has 1 heterocycles. The number of thiazole rings is 1. The van der Waals surface area contributed by atoms with Crippen molar-refractivity contribution in [3.05, 3.63) is 59.1 Å². The Hall–Kier alpha value is -1.99. The van der Waals surface area contributed by atoms with Crippen LogP contribution in [0, 0.1) is 0 Å². The maximum absolute atomic E-state index is 12.3. The second-order valence-corrected chi connectivity index (χ2v) is 7.16. The third-order valence-corrected chi connectivity index (χ3v) is 5.12. The van der Waals surface area contributed by atoms with Gasteiger partial charge in [0.1, 0.15) is 0 Å². The molecule has 1 amide bonds. The molecule has 1 aromatic heterocycles. The molecule has 0 bridgehead atoms. The lowest BCUT2D eigenvalue weighted by Crippen LogP contribution is -2.25. The molecule has 0 aliphatic rings. The van der Waals surface area contributed by atoms with Crippen LogP contribution >= 0.6 is 23.1 Å². The molecule has 24 heavy (non-hydrogen) atoms. The van der Waals surface area contributed by atoms with Crippen LogP contribution in [-0.4, -0.2) is 23.2 Å². The molecule has 3 rings (SSSR count). The Morgan fingerprint density at radius 1 is 1.17 bits per heavy atom. The van der Waals surface area contributed by atoms with E-state index in [1.165, 1.54) is 12.1 Å². The summed E-state index contributed by atoms with van der Waals surface area (Å²) in [6, 6.07) is 14.1. The van der Waals surface area contributed by atoms with Crippen molar-refractivity contribution in [1.29, 1.82) is 0 Å². The molecule has 0 spiro atoms. The van der Waals surface area contributed by atoms with Gasteiger partial charge in [0.25, 0.3) is 11.7 Å². The molecule has 0 aliphatic heterocycles. The van der Waals surface area contributed by atoms with Gasteiger partial charge in [0.15, 0.2) is 0 Å². The molecule has 0 aliphatic carbocycles. The molecule has 1 N–H and O–H groups in total. The van der Waals surface area contributed by atoms with E-state index >= 15 is 0 Å². The number of hydrogen-bond donors (Lipinski definition) is 1. The topological polar surface area (TPSA) is 42.0 Å². The van der Waals surface area contributed by atoms with Crippen molar-refractivity contribution in [2.24, 2.45) is 0 Å². The first-order valence-electron chi connectivity index (χ1n) is 7.29. The van der Waals surface area contributed by atoms with Crippen LogP contribution in [0.25, 0.3) is 10.2 Å². The number of alkyl halides is 2. The highest BCUT2D eigenvalue weighted by atomic mass is 32.2. The molecule has 0 fully saturated rings. The molecule has 0 radical (unpaired) electrons. The van der Waals surface area contributed by atoms with Gasteiger partial charge >= 0.3 is 0 Å². The Morgan fingerprint density at radius 2 is 1.92 bits per heavy atom. The standard InChI is InChI=1S/C17H14F2N2OS2/c18-17(19)23-12-7-5-11(6-8-12)16(22)20-10-9-15-21-13-3-1-2-4-14(13)24-15/h1-8,17H,9-10H2,(H,20,22).